The van der Waals surface area contributed by atoms with Gasteiger partial charge in [-0.15, -0.1) is 0 Å². The van der Waals surface area contributed by atoms with Gasteiger partial charge in [0.1, 0.15) is 17.3 Å². The highest BCUT2D eigenvalue weighted by Gasteiger charge is 2.15. The van der Waals surface area contributed by atoms with E-state index in [0.717, 1.165) is 25.0 Å². The van der Waals surface area contributed by atoms with Gasteiger partial charge in [0.15, 0.2) is 0 Å². The van der Waals surface area contributed by atoms with Gasteiger partial charge in [0.05, 0.1) is 6.61 Å². The predicted octanol–water partition coefficient (Wildman–Crippen LogP) is 1.82. The van der Waals surface area contributed by atoms with Crippen molar-refractivity contribution in [3.8, 4) is 5.75 Å². The standard InChI is InChI=1S/C18H26N4O3/c1-3-4-12-22-16(19)15(17(23)20-18(22)24)21(2)11-8-13-25-14-9-6-5-7-10-14/h5-7,9-10H,3-4,8,11-13,19H2,1-2H3,(H,20,23,24). The van der Waals surface area contributed by atoms with Gasteiger partial charge >= 0.3 is 5.69 Å². The third-order valence-corrected chi connectivity index (χ3v) is 3.98. The molecule has 2 rings (SSSR count). The first-order valence-corrected chi connectivity index (χ1v) is 8.56. The summed E-state index contributed by atoms with van der Waals surface area (Å²) < 4.78 is 7.08. The average molecular weight is 346 g/mol. The molecule has 0 saturated carbocycles. The number of nitrogens with one attached hydrogen (secondary N) is 1. The number of hydrogen-bond acceptors (Lipinski definition) is 5. The summed E-state index contributed by atoms with van der Waals surface area (Å²) in [4.78, 5) is 28.2. The van der Waals surface area contributed by atoms with Crippen LogP contribution >= 0.6 is 0 Å². The molecule has 136 valence electrons. The predicted molar refractivity (Wildman–Crippen MR) is 100 cm³/mol. The van der Waals surface area contributed by atoms with Crippen molar-refractivity contribution in [3.05, 3.63) is 51.2 Å². The lowest BCUT2D eigenvalue weighted by Crippen LogP contribution is -2.37. The molecular formula is C18H26N4O3. The van der Waals surface area contributed by atoms with Crippen LogP contribution in [0.2, 0.25) is 0 Å². The monoisotopic (exact) mass is 346 g/mol. The van der Waals surface area contributed by atoms with Crippen LogP contribution in [0.15, 0.2) is 39.9 Å². The van der Waals surface area contributed by atoms with Crippen molar-refractivity contribution in [1.29, 1.82) is 0 Å². The molecule has 0 radical (unpaired) electrons. The first-order valence-electron chi connectivity index (χ1n) is 8.56. The Hall–Kier alpha value is -2.70. The maximum absolute atomic E-state index is 12.2. The number of nitrogens with two attached hydrogens (primary N) is 1. The molecule has 0 atom stereocenters. The van der Waals surface area contributed by atoms with E-state index in [-0.39, 0.29) is 5.82 Å². The van der Waals surface area contributed by atoms with Gasteiger partial charge in [-0.2, -0.15) is 0 Å². The number of para-hydroxylation sites is 1. The molecule has 7 nitrogen and oxygen atoms in total. The van der Waals surface area contributed by atoms with Crippen molar-refractivity contribution < 1.29 is 4.74 Å². The maximum Gasteiger partial charge on any atom is 0.330 e. The van der Waals surface area contributed by atoms with Crippen LogP contribution in [0.25, 0.3) is 0 Å². The highest BCUT2D eigenvalue weighted by Crippen LogP contribution is 2.16. The van der Waals surface area contributed by atoms with E-state index in [1.807, 2.05) is 37.3 Å². The summed E-state index contributed by atoms with van der Waals surface area (Å²) in [5, 5.41) is 0. The Bertz CT molecular complexity index is 783. The van der Waals surface area contributed by atoms with Gasteiger partial charge in [0.25, 0.3) is 5.56 Å². The third kappa shape index (κ3) is 4.89. The molecular weight excluding hydrogens is 320 g/mol. The number of unbranched alkanes of at least 4 members (excludes halogenated alkanes) is 1. The van der Waals surface area contributed by atoms with Gasteiger partial charge in [-0.05, 0) is 25.0 Å². The molecule has 0 bridgehead atoms. The largest absolute Gasteiger partial charge is 0.494 e. The number of anilines is 2. The fourth-order valence-electron chi connectivity index (χ4n) is 2.60. The second-order valence-corrected chi connectivity index (χ2v) is 5.93. The fourth-order valence-corrected chi connectivity index (χ4v) is 2.60. The molecule has 1 heterocycles. The third-order valence-electron chi connectivity index (χ3n) is 3.98. The van der Waals surface area contributed by atoms with Crippen molar-refractivity contribution in [1.82, 2.24) is 9.55 Å². The van der Waals surface area contributed by atoms with E-state index >= 15 is 0 Å². The minimum Gasteiger partial charge on any atom is -0.494 e. The van der Waals surface area contributed by atoms with Crippen molar-refractivity contribution in [2.45, 2.75) is 32.7 Å². The Morgan fingerprint density at radius 3 is 2.60 bits per heavy atom. The van der Waals surface area contributed by atoms with Crippen LogP contribution < -0.4 is 26.6 Å². The first-order chi connectivity index (χ1) is 12.0. The number of aromatic amines is 1. The Balaban J connectivity index is 2.01. The molecule has 25 heavy (non-hydrogen) atoms. The number of rotatable bonds is 9. The molecule has 0 saturated heterocycles. The molecule has 7 heteroatoms. The van der Waals surface area contributed by atoms with Gasteiger partial charge in [0.2, 0.25) is 0 Å². The lowest BCUT2D eigenvalue weighted by Gasteiger charge is -2.21. The van der Waals surface area contributed by atoms with E-state index in [2.05, 4.69) is 4.98 Å². The van der Waals surface area contributed by atoms with Gasteiger partial charge in [-0.1, -0.05) is 31.5 Å². The molecule has 3 N–H and O–H groups in total. The van der Waals surface area contributed by atoms with Crippen LogP contribution in [0.4, 0.5) is 11.5 Å². The highest BCUT2D eigenvalue weighted by atomic mass is 16.5. The van der Waals surface area contributed by atoms with Crippen LogP contribution in [-0.2, 0) is 6.54 Å². The molecule has 0 fully saturated rings. The minimum absolute atomic E-state index is 0.216. The van der Waals surface area contributed by atoms with Crippen molar-refractivity contribution in [2.75, 3.05) is 30.8 Å². The number of hydrogen-bond donors (Lipinski definition) is 2. The highest BCUT2D eigenvalue weighted by molar-refractivity contribution is 5.61. The normalized spacial score (nSPS) is 10.6. The summed E-state index contributed by atoms with van der Waals surface area (Å²) in [6.45, 7) is 3.65. The molecule has 0 unspecified atom stereocenters. The smallest absolute Gasteiger partial charge is 0.330 e. The van der Waals surface area contributed by atoms with E-state index in [1.54, 1.807) is 11.9 Å². The summed E-state index contributed by atoms with van der Waals surface area (Å²) in [5.74, 6) is 1.03. The van der Waals surface area contributed by atoms with Gasteiger partial charge < -0.3 is 15.4 Å². The minimum atomic E-state index is -0.458. The summed E-state index contributed by atoms with van der Waals surface area (Å²) in [6.07, 6.45) is 2.48. The zero-order chi connectivity index (χ0) is 18.2. The number of benzene rings is 1. The Labute approximate surface area is 147 Å². The average Bonchev–Trinajstić information content (AvgIpc) is 2.59. The first kappa shape index (κ1) is 18.6. The van der Waals surface area contributed by atoms with E-state index in [1.165, 1.54) is 4.57 Å². The SMILES string of the molecule is CCCCn1c(N)c(N(C)CCCOc2ccccc2)c(=O)[nH]c1=O. The summed E-state index contributed by atoms with van der Waals surface area (Å²) in [6, 6.07) is 9.57. The molecule has 0 amide bonds. The molecule has 1 aromatic heterocycles. The Kier molecular flexibility index (Phi) is 6.68. The number of ether oxygens (including phenoxy) is 1. The number of nitrogen functional groups attached to an aromatic ring is 1. The zero-order valence-electron chi connectivity index (χ0n) is 14.8. The quantitative estimate of drug-likeness (QED) is 0.676. The van der Waals surface area contributed by atoms with E-state index in [4.69, 9.17) is 10.5 Å². The van der Waals surface area contributed by atoms with Crippen LogP contribution in [-0.4, -0.2) is 29.8 Å². The summed E-state index contributed by atoms with van der Waals surface area (Å²) in [5.41, 5.74) is 5.51. The molecule has 2 aromatic rings. The number of nitrogens with zero attached hydrogens (tertiary/aromatic N) is 2. The maximum atomic E-state index is 12.2. The molecule has 1 aromatic carbocycles. The fraction of sp³-hybridized carbons (Fsp3) is 0.444. The Morgan fingerprint density at radius 1 is 1.20 bits per heavy atom. The molecule has 0 spiro atoms. The van der Waals surface area contributed by atoms with E-state index in [9.17, 15) is 9.59 Å². The number of H-pyrrole nitrogens is 1. The van der Waals surface area contributed by atoms with Crippen molar-refractivity contribution >= 4 is 11.5 Å². The molecule has 0 aliphatic carbocycles. The van der Waals surface area contributed by atoms with E-state index < -0.39 is 11.2 Å². The second kappa shape index (κ2) is 8.96. The van der Waals surface area contributed by atoms with Crippen LogP contribution in [0.1, 0.15) is 26.2 Å². The topological polar surface area (TPSA) is 93.3 Å². The zero-order valence-corrected chi connectivity index (χ0v) is 14.8. The van der Waals surface area contributed by atoms with Gasteiger partial charge in [0, 0.05) is 20.1 Å². The van der Waals surface area contributed by atoms with E-state index in [0.29, 0.717) is 25.4 Å². The van der Waals surface area contributed by atoms with Crippen molar-refractivity contribution in [2.24, 2.45) is 0 Å². The van der Waals surface area contributed by atoms with Crippen LogP contribution in [0, 0.1) is 0 Å². The van der Waals surface area contributed by atoms with Gasteiger partial charge in [-0.25, -0.2) is 4.79 Å². The molecule has 0 aliphatic heterocycles. The van der Waals surface area contributed by atoms with Crippen LogP contribution in [0.5, 0.6) is 5.75 Å². The Morgan fingerprint density at radius 2 is 1.92 bits per heavy atom. The second-order valence-electron chi connectivity index (χ2n) is 5.93. The number of aromatic nitrogens is 2. The van der Waals surface area contributed by atoms with Crippen LogP contribution in [0.3, 0.4) is 0 Å². The van der Waals surface area contributed by atoms with Gasteiger partial charge in [-0.3, -0.25) is 14.3 Å². The van der Waals surface area contributed by atoms with Crippen molar-refractivity contribution in [3.63, 3.8) is 0 Å². The summed E-state index contributed by atoms with van der Waals surface area (Å²) >= 11 is 0. The lowest BCUT2D eigenvalue weighted by molar-refractivity contribution is 0.312. The lowest BCUT2D eigenvalue weighted by atomic mass is 10.3. The molecule has 0 aliphatic rings. The summed E-state index contributed by atoms with van der Waals surface area (Å²) in [7, 11) is 1.79.